The van der Waals surface area contributed by atoms with E-state index in [2.05, 4.69) is 40.7 Å². The second kappa shape index (κ2) is 8.76. The Bertz CT molecular complexity index is 1260. The van der Waals surface area contributed by atoms with Gasteiger partial charge in [-0.2, -0.15) is 26.2 Å². The molecule has 186 valence electrons. The number of hydrogen-bond donors (Lipinski definition) is 8. The maximum Gasteiger partial charge on any atom is 0.490 e. The maximum absolute atomic E-state index is 14.9. The minimum Gasteiger partial charge on any atom is -0.369 e. The first-order valence-corrected chi connectivity index (χ1v) is 13.2. The number of aromatic amines is 1. The van der Waals surface area contributed by atoms with E-state index < -0.39 is 59.1 Å². The van der Waals surface area contributed by atoms with Crippen LogP contribution in [0.4, 0.5) is 10.3 Å². The van der Waals surface area contributed by atoms with Crippen molar-refractivity contribution in [1.82, 2.24) is 19.5 Å². The number of imidazole rings is 1. The Hall–Kier alpha value is -1.24. The van der Waals surface area contributed by atoms with Crippen LogP contribution in [0.1, 0.15) is 6.23 Å². The van der Waals surface area contributed by atoms with Crippen LogP contribution in [0.3, 0.4) is 0 Å². The van der Waals surface area contributed by atoms with Gasteiger partial charge in [0.1, 0.15) is 11.4 Å². The summed E-state index contributed by atoms with van der Waals surface area (Å²) in [6.07, 6.45) is -2.59. The van der Waals surface area contributed by atoms with Gasteiger partial charge < -0.3 is 35.2 Å². The first-order valence-electron chi connectivity index (χ1n) is 8.17. The summed E-state index contributed by atoms with van der Waals surface area (Å²) < 4.78 is 66.2. The van der Waals surface area contributed by atoms with Crippen molar-refractivity contribution in [2.45, 2.75) is 23.4 Å². The molecule has 18 nitrogen and oxygen atoms in total. The fourth-order valence-electron chi connectivity index (χ4n) is 2.70. The van der Waals surface area contributed by atoms with Crippen LogP contribution in [-0.2, 0) is 31.6 Å². The van der Waals surface area contributed by atoms with E-state index in [1.165, 1.54) is 0 Å². The number of alkyl halides is 1. The number of aromatic nitrogens is 4. The molecule has 3 rings (SSSR count). The van der Waals surface area contributed by atoms with Crippen molar-refractivity contribution in [3.8, 4) is 0 Å². The molecular weight excluding hydrogens is 542 g/mol. The molecule has 0 spiro atoms. The molecule has 23 heteroatoms. The lowest BCUT2D eigenvalue weighted by molar-refractivity contribution is -0.147. The van der Waals surface area contributed by atoms with Gasteiger partial charge in [0, 0.05) is 0 Å². The maximum atomic E-state index is 14.9. The molecule has 0 bridgehead atoms. The lowest BCUT2D eigenvalue weighted by Crippen LogP contribution is -2.42. The van der Waals surface area contributed by atoms with Crippen molar-refractivity contribution in [2.24, 2.45) is 0 Å². The molecule has 0 aromatic carbocycles. The molecule has 0 amide bonds. The zero-order chi connectivity index (χ0) is 25.0. The standard InChI is InChI=1S/C10H15FN5O13P3S/c11-10(18)3(1-26-31(22,23)29-32(24,25)28-30(19,20)21)27-8(5(10)33)16-2-13-4-6(16)14-9(12)15-7(4)17/h2-3,5,8,18,33H,1H2,(H,22,23)(H,24,25)(H2,19,20,21)(H3,12,14,15,17)/t3-,5+,8-,10-/m1/s1. The Labute approximate surface area is 186 Å². The highest BCUT2D eigenvalue weighted by atomic mass is 32.1. The molecule has 1 saturated heterocycles. The van der Waals surface area contributed by atoms with Crippen molar-refractivity contribution in [3.63, 3.8) is 0 Å². The Balaban J connectivity index is 1.78. The number of ether oxygens (including phenoxy) is 1. The van der Waals surface area contributed by atoms with E-state index in [0.717, 1.165) is 10.9 Å². The van der Waals surface area contributed by atoms with Gasteiger partial charge in [0.25, 0.3) is 11.4 Å². The van der Waals surface area contributed by atoms with Crippen molar-refractivity contribution < 1.29 is 60.6 Å². The van der Waals surface area contributed by atoms with Crippen LogP contribution in [-0.4, -0.2) is 68.0 Å². The lowest BCUT2D eigenvalue weighted by atomic mass is 10.1. The van der Waals surface area contributed by atoms with Crippen LogP contribution in [0.5, 0.6) is 0 Å². The number of phosphoric ester groups is 1. The highest BCUT2D eigenvalue weighted by molar-refractivity contribution is 7.81. The number of H-pyrrole nitrogens is 1. The Morgan fingerprint density at radius 1 is 1.27 bits per heavy atom. The van der Waals surface area contributed by atoms with Crippen LogP contribution in [0.2, 0.25) is 0 Å². The van der Waals surface area contributed by atoms with E-state index in [9.17, 15) is 32.9 Å². The smallest absolute Gasteiger partial charge is 0.369 e. The summed E-state index contributed by atoms with van der Waals surface area (Å²) in [5.41, 5.74) is 4.34. The number of nitrogens with zero attached hydrogens (tertiary/aromatic N) is 3. The number of nitrogens with one attached hydrogen (secondary N) is 1. The number of fused-ring (bicyclic) bond motifs is 1. The normalized spacial score (nSPS) is 29.7. The van der Waals surface area contributed by atoms with E-state index in [1.807, 2.05) is 0 Å². The number of nitrogens with two attached hydrogens (primary N) is 1. The van der Waals surface area contributed by atoms with Crippen molar-refractivity contribution >= 4 is 53.2 Å². The zero-order valence-corrected chi connectivity index (χ0v) is 19.2. The third-order valence-electron chi connectivity index (χ3n) is 3.97. The molecule has 1 aliphatic heterocycles. The van der Waals surface area contributed by atoms with Gasteiger partial charge in [0.05, 0.1) is 12.9 Å². The number of anilines is 1. The van der Waals surface area contributed by atoms with Crippen molar-refractivity contribution in [3.05, 3.63) is 16.7 Å². The van der Waals surface area contributed by atoms with E-state index >= 15 is 0 Å². The van der Waals surface area contributed by atoms with E-state index in [1.54, 1.807) is 0 Å². The molecule has 2 aromatic rings. The monoisotopic (exact) mass is 557 g/mol. The van der Waals surface area contributed by atoms with Gasteiger partial charge in [-0.25, -0.2) is 23.1 Å². The van der Waals surface area contributed by atoms with Gasteiger partial charge in [-0.05, 0) is 0 Å². The fourth-order valence-corrected chi connectivity index (χ4v) is 6.10. The minimum atomic E-state index is -5.81. The molecule has 8 N–H and O–H groups in total. The highest BCUT2D eigenvalue weighted by Gasteiger charge is 2.57. The quantitative estimate of drug-likeness (QED) is 0.141. The fraction of sp³-hybridized carbons (Fsp3) is 0.500. The number of phosphoric acid groups is 3. The first kappa shape index (κ1) is 26.4. The Kier molecular flexibility index (Phi) is 7.00. The van der Waals surface area contributed by atoms with Gasteiger partial charge >= 0.3 is 23.5 Å². The summed E-state index contributed by atoms with van der Waals surface area (Å²) in [4.78, 5) is 57.3. The summed E-state index contributed by atoms with van der Waals surface area (Å²) in [6.45, 7) is -1.30. The number of nitrogen functional groups attached to an aromatic ring is 1. The Morgan fingerprint density at radius 2 is 1.91 bits per heavy atom. The van der Waals surface area contributed by atoms with E-state index in [-0.39, 0.29) is 17.1 Å². The molecule has 0 radical (unpaired) electrons. The molecule has 1 aliphatic rings. The van der Waals surface area contributed by atoms with Gasteiger partial charge in [-0.15, -0.1) is 0 Å². The number of aliphatic hydroxyl groups is 1. The number of rotatable bonds is 8. The summed E-state index contributed by atoms with van der Waals surface area (Å²) in [5.74, 6) is -3.68. The first-order chi connectivity index (χ1) is 14.9. The van der Waals surface area contributed by atoms with Gasteiger partial charge in [0.15, 0.2) is 17.4 Å². The average molecular weight is 557 g/mol. The predicted octanol–water partition coefficient (Wildman–Crippen LogP) is -1.10. The third kappa shape index (κ3) is 5.88. The van der Waals surface area contributed by atoms with Crippen LogP contribution >= 0.6 is 36.1 Å². The molecule has 2 aromatic heterocycles. The van der Waals surface area contributed by atoms with Gasteiger partial charge in [0.2, 0.25) is 5.95 Å². The van der Waals surface area contributed by atoms with E-state index in [0.29, 0.717) is 0 Å². The van der Waals surface area contributed by atoms with Gasteiger partial charge in [-0.3, -0.25) is 18.9 Å². The molecule has 0 saturated carbocycles. The largest absolute Gasteiger partial charge is 0.490 e. The summed E-state index contributed by atoms with van der Waals surface area (Å²) in [6, 6.07) is 0. The topological polar surface area (TPSA) is 279 Å². The zero-order valence-electron chi connectivity index (χ0n) is 15.6. The van der Waals surface area contributed by atoms with Gasteiger partial charge in [-0.1, -0.05) is 0 Å². The molecule has 3 heterocycles. The summed E-state index contributed by atoms with van der Waals surface area (Å²) in [5, 5.41) is 8.40. The average Bonchev–Trinajstić information content (AvgIpc) is 3.10. The summed E-state index contributed by atoms with van der Waals surface area (Å²) >= 11 is 3.92. The lowest BCUT2D eigenvalue weighted by Gasteiger charge is -2.23. The predicted molar refractivity (Wildman–Crippen MR) is 105 cm³/mol. The number of thiol groups is 1. The van der Waals surface area contributed by atoms with E-state index in [4.69, 9.17) is 25.2 Å². The van der Waals surface area contributed by atoms with Crippen LogP contribution in [0.25, 0.3) is 11.2 Å². The second-order valence-electron chi connectivity index (χ2n) is 6.35. The molecule has 0 aliphatic carbocycles. The van der Waals surface area contributed by atoms with Crippen LogP contribution < -0.4 is 11.3 Å². The summed E-state index contributed by atoms with van der Waals surface area (Å²) in [7, 11) is -17.0. The molecule has 33 heavy (non-hydrogen) atoms. The SMILES string of the molecule is Nc1nc2c(ncn2[C@@H]2O[C@H](COP(=O)(O)OP(=O)(O)OP(=O)(O)O)[C@](O)(F)[C@H]2S)c(=O)[nH]1. The van der Waals surface area contributed by atoms with Crippen LogP contribution in [0, 0.1) is 0 Å². The minimum absolute atomic E-state index is 0.176. The Morgan fingerprint density at radius 3 is 2.52 bits per heavy atom. The molecule has 2 unspecified atom stereocenters. The van der Waals surface area contributed by atoms with Crippen molar-refractivity contribution in [2.75, 3.05) is 12.3 Å². The molecule has 6 atom stereocenters. The number of halogens is 1. The van der Waals surface area contributed by atoms with Crippen LogP contribution in [0.15, 0.2) is 11.1 Å². The molecular formula is C10H15FN5O13P3S. The third-order valence-corrected chi connectivity index (χ3v) is 8.39. The number of hydrogen-bond acceptors (Lipinski definition) is 13. The van der Waals surface area contributed by atoms with Crippen molar-refractivity contribution in [1.29, 1.82) is 0 Å². The molecule has 1 fully saturated rings. The second-order valence-corrected chi connectivity index (χ2v) is 11.3. The highest BCUT2D eigenvalue weighted by Crippen LogP contribution is 2.66.